The molecule has 3 aliphatic heterocycles. The molecule has 1 aromatic rings. The Labute approximate surface area is 177 Å². The molecule has 30 heavy (non-hydrogen) atoms. The summed E-state index contributed by atoms with van der Waals surface area (Å²) in [5, 5.41) is 14.8. The van der Waals surface area contributed by atoms with Gasteiger partial charge >= 0.3 is 0 Å². The largest absolute Gasteiger partial charge is 0.377 e. The van der Waals surface area contributed by atoms with Crippen molar-refractivity contribution < 1.29 is 18.1 Å². The van der Waals surface area contributed by atoms with Gasteiger partial charge in [-0.1, -0.05) is 12.8 Å². The topological polar surface area (TPSA) is 105 Å². The summed E-state index contributed by atoms with van der Waals surface area (Å²) in [6, 6.07) is 4.65. The normalized spacial score (nSPS) is 26.1. The van der Waals surface area contributed by atoms with E-state index < -0.39 is 14.9 Å². The maximum absolute atomic E-state index is 13.0. The van der Waals surface area contributed by atoms with E-state index in [2.05, 4.69) is 10.2 Å². The third-order valence-electron chi connectivity index (χ3n) is 6.35. The molecule has 3 heterocycles. The number of ether oxygens (including phenoxy) is 1. The van der Waals surface area contributed by atoms with Crippen LogP contribution in [0.25, 0.3) is 0 Å². The fourth-order valence-corrected chi connectivity index (χ4v) is 6.17. The highest BCUT2D eigenvalue weighted by Crippen LogP contribution is 2.30. The van der Waals surface area contributed by atoms with E-state index in [0.717, 1.165) is 38.8 Å². The van der Waals surface area contributed by atoms with Crippen LogP contribution in [0.5, 0.6) is 0 Å². The minimum absolute atomic E-state index is 0.0181. The highest BCUT2D eigenvalue weighted by Gasteiger charge is 2.33. The minimum Gasteiger partial charge on any atom is -0.377 e. The van der Waals surface area contributed by atoms with Gasteiger partial charge in [-0.05, 0) is 44.4 Å². The molecule has 166 valence electrons. The molecule has 1 aromatic carbocycles. The number of nitrogens with one attached hydrogen (secondary N) is 1. The lowest BCUT2D eigenvalue weighted by atomic mass is 10.2. The number of sulfonamides is 1. The van der Waals surface area contributed by atoms with Crippen molar-refractivity contribution >= 4 is 21.4 Å². The molecule has 0 aliphatic carbocycles. The number of hydrogen-bond donors (Lipinski definition) is 1. The Morgan fingerprint density at radius 2 is 1.90 bits per heavy atom. The molecule has 3 saturated heterocycles. The van der Waals surface area contributed by atoms with Gasteiger partial charge < -0.3 is 10.1 Å². The number of rotatable bonds is 6. The second-order valence-corrected chi connectivity index (χ2v) is 10.3. The van der Waals surface area contributed by atoms with Gasteiger partial charge in [0.25, 0.3) is 5.69 Å². The van der Waals surface area contributed by atoms with Crippen LogP contribution in [0.3, 0.4) is 0 Å². The lowest BCUT2D eigenvalue weighted by Crippen LogP contribution is -2.48. The molecule has 0 spiro atoms. The Kier molecular flexibility index (Phi) is 6.57. The first-order valence-corrected chi connectivity index (χ1v) is 12.3. The highest BCUT2D eigenvalue weighted by atomic mass is 32.2. The average Bonchev–Trinajstić information content (AvgIpc) is 3.02. The van der Waals surface area contributed by atoms with E-state index in [-0.39, 0.29) is 16.7 Å². The molecule has 0 unspecified atom stereocenters. The highest BCUT2D eigenvalue weighted by molar-refractivity contribution is 7.89. The number of anilines is 1. The Hall–Kier alpha value is -1.75. The smallest absolute Gasteiger partial charge is 0.293 e. The van der Waals surface area contributed by atoms with Crippen LogP contribution < -0.4 is 5.32 Å². The Balaban J connectivity index is 1.47. The second kappa shape index (κ2) is 9.17. The third-order valence-corrected chi connectivity index (χ3v) is 8.25. The van der Waals surface area contributed by atoms with Crippen LogP contribution in [-0.4, -0.2) is 74.0 Å². The van der Waals surface area contributed by atoms with Gasteiger partial charge in [0, 0.05) is 38.3 Å². The quantitative estimate of drug-likeness (QED) is 0.537. The van der Waals surface area contributed by atoms with Gasteiger partial charge in [0.2, 0.25) is 10.0 Å². The maximum Gasteiger partial charge on any atom is 0.293 e. The van der Waals surface area contributed by atoms with Crippen molar-refractivity contribution in [3.05, 3.63) is 28.3 Å². The Morgan fingerprint density at radius 3 is 2.63 bits per heavy atom. The summed E-state index contributed by atoms with van der Waals surface area (Å²) < 4.78 is 33.3. The minimum atomic E-state index is -3.73. The number of hydrogen-bond acceptors (Lipinski definition) is 7. The van der Waals surface area contributed by atoms with Crippen LogP contribution in [0.15, 0.2) is 23.1 Å². The summed E-state index contributed by atoms with van der Waals surface area (Å²) in [5.74, 6) is 0. The molecule has 9 nitrogen and oxygen atoms in total. The molecule has 4 rings (SSSR count). The number of nitro benzene ring substituents is 1. The number of fused-ring (bicyclic) bond motifs is 1. The van der Waals surface area contributed by atoms with E-state index in [4.69, 9.17) is 4.74 Å². The fourth-order valence-electron chi connectivity index (χ4n) is 4.64. The molecule has 0 saturated carbocycles. The summed E-state index contributed by atoms with van der Waals surface area (Å²) in [6.07, 6.45) is 5.97. The van der Waals surface area contributed by atoms with Crippen LogP contribution >= 0.6 is 0 Å². The van der Waals surface area contributed by atoms with Crippen LogP contribution in [-0.2, 0) is 14.8 Å². The first-order chi connectivity index (χ1) is 14.4. The first-order valence-electron chi connectivity index (χ1n) is 10.8. The SMILES string of the molecule is O=[N+]([O-])c1cc(S(=O)(=O)N2CCCCCC2)ccc1NC[C@@H]1CN2CCC[C@@H]2CO1. The van der Waals surface area contributed by atoms with Crippen molar-refractivity contribution in [2.45, 2.75) is 55.6 Å². The zero-order chi connectivity index (χ0) is 21.1. The Morgan fingerprint density at radius 1 is 1.13 bits per heavy atom. The molecule has 3 aliphatic rings. The third kappa shape index (κ3) is 4.61. The van der Waals surface area contributed by atoms with E-state index in [1.165, 1.54) is 35.3 Å². The van der Waals surface area contributed by atoms with Crippen molar-refractivity contribution in [1.82, 2.24) is 9.21 Å². The van der Waals surface area contributed by atoms with Crippen molar-refractivity contribution in [1.29, 1.82) is 0 Å². The van der Waals surface area contributed by atoms with E-state index >= 15 is 0 Å². The lowest BCUT2D eigenvalue weighted by Gasteiger charge is -2.35. The average molecular weight is 439 g/mol. The number of nitrogens with zero attached hydrogens (tertiary/aromatic N) is 3. The summed E-state index contributed by atoms with van der Waals surface area (Å²) in [7, 11) is -3.73. The Bertz CT molecular complexity index is 870. The maximum atomic E-state index is 13.0. The summed E-state index contributed by atoms with van der Waals surface area (Å²) in [6.45, 7) is 3.96. The van der Waals surface area contributed by atoms with Gasteiger partial charge in [-0.15, -0.1) is 0 Å². The van der Waals surface area contributed by atoms with Gasteiger partial charge in [0.15, 0.2) is 0 Å². The van der Waals surface area contributed by atoms with Crippen molar-refractivity contribution in [3.63, 3.8) is 0 Å². The van der Waals surface area contributed by atoms with Gasteiger partial charge in [0.1, 0.15) is 5.69 Å². The number of benzene rings is 1. The van der Waals surface area contributed by atoms with E-state index in [0.29, 0.717) is 38.0 Å². The van der Waals surface area contributed by atoms with Crippen molar-refractivity contribution in [2.75, 3.05) is 44.6 Å². The monoisotopic (exact) mass is 438 g/mol. The van der Waals surface area contributed by atoms with E-state index in [9.17, 15) is 18.5 Å². The van der Waals surface area contributed by atoms with E-state index in [1.54, 1.807) is 0 Å². The molecule has 0 amide bonds. The molecule has 3 fully saturated rings. The molecule has 0 bridgehead atoms. The van der Waals surface area contributed by atoms with Gasteiger partial charge in [-0.25, -0.2) is 8.42 Å². The lowest BCUT2D eigenvalue weighted by molar-refractivity contribution is -0.384. The van der Waals surface area contributed by atoms with Crippen LogP contribution in [0.4, 0.5) is 11.4 Å². The summed E-state index contributed by atoms with van der Waals surface area (Å²) >= 11 is 0. The summed E-state index contributed by atoms with van der Waals surface area (Å²) in [4.78, 5) is 13.5. The standard InChI is InChI=1S/C20H30N4O5S/c25-24(26)20-12-18(30(27,28)23-10-3-1-2-4-11-23)7-8-19(20)21-13-17-14-22-9-5-6-16(22)15-29-17/h7-8,12,16-17,21H,1-6,9-11,13-15H2/t16-,17-/m1/s1. The van der Waals surface area contributed by atoms with Gasteiger partial charge in [-0.2, -0.15) is 4.31 Å². The zero-order valence-electron chi connectivity index (χ0n) is 17.2. The van der Waals surface area contributed by atoms with E-state index in [1.807, 2.05) is 0 Å². The predicted molar refractivity (Wildman–Crippen MR) is 113 cm³/mol. The molecule has 2 atom stereocenters. The van der Waals surface area contributed by atoms with Crippen molar-refractivity contribution in [3.8, 4) is 0 Å². The predicted octanol–water partition coefficient (Wildman–Crippen LogP) is 2.43. The van der Waals surface area contributed by atoms with Gasteiger partial charge in [0.05, 0.1) is 22.5 Å². The van der Waals surface area contributed by atoms with Crippen LogP contribution in [0, 0.1) is 10.1 Å². The zero-order valence-corrected chi connectivity index (χ0v) is 18.0. The fraction of sp³-hybridized carbons (Fsp3) is 0.700. The van der Waals surface area contributed by atoms with Crippen LogP contribution in [0.2, 0.25) is 0 Å². The molecule has 0 aromatic heterocycles. The van der Waals surface area contributed by atoms with Crippen molar-refractivity contribution in [2.24, 2.45) is 0 Å². The molecular formula is C20H30N4O5S. The molecular weight excluding hydrogens is 408 g/mol. The molecule has 0 radical (unpaired) electrons. The summed E-state index contributed by atoms with van der Waals surface area (Å²) in [5.41, 5.74) is 0.0997. The second-order valence-electron chi connectivity index (χ2n) is 8.38. The first kappa shape index (κ1) is 21.5. The van der Waals surface area contributed by atoms with Crippen LogP contribution in [0.1, 0.15) is 38.5 Å². The van der Waals surface area contributed by atoms with Gasteiger partial charge in [-0.3, -0.25) is 15.0 Å². The molecule has 1 N–H and O–H groups in total. The molecule has 10 heteroatoms. The number of nitro groups is 1. The number of morpholine rings is 1.